The molecule has 33 heavy (non-hydrogen) atoms. The van der Waals surface area contributed by atoms with E-state index in [9.17, 15) is 18.0 Å². The van der Waals surface area contributed by atoms with E-state index < -0.39 is 6.36 Å². The van der Waals surface area contributed by atoms with E-state index in [2.05, 4.69) is 15.0 Å². The second-order valence-corrected chi connectivity index (χ2v) is 8.14. The number of hydrogen-bond donors (Lipinski definition) is 1. The van der Waals surface area contributed by atoms with E-state index in [1.807, 2.05) is 42.5 Å². The van der Waals surface area contributed by atoms with Crippen LogP contribution < -0.4 is 14.8 Å². The third kappa shape index (κ3) is 6.01. The topological polar surface area (TPSA) is 60.5 Å². The molecule has 1 aliphatic heterocycles. The van der Waals surface area contributed by atoms with Crippen LogP contribution in [0.25, 0.3) is 10.1 Å². The zero-order valence-corrected chi connectivity index (χ0v) is 18.0. The van der Waals surface area contributed by atoms with Gasteiger partial charge < -0.3 is 14.8 Å². The highest BCUT2D eigenvalue weighted by Gasteiger charge is 2.30. The van der Waals surface area contributed by atoms with Crippen LogP contribution in [0.1, 0.15) is 27.8 Å². The molecule has 0 aliphatic carbocycles. The molecule has 0 saturated heterocycles. The first-order valence-corrected chi connectivity index (χ1v) is 10.9. The van der Waals surface area contributed by atoms with Gasteiger partial charge in [0.15, 0.2) is 0 Å². The van der Waals surface area contributed by atoms with Crippen molar-refractivity contribution >= 4 is 27.3 Å². The van der Waals surface area contributed by atoms with Crippen LogP contribution >= 0.6 is 11.3 Å². The zero-order valence-electron chi connectivity index (χ0n) is 17.2. The van der Waals surface area contributed by atoms with Gasteiger partial charge in [0.1, 0.15) is 17.2 Å². The molecule has 0 spiro atoms. The minimum absolute atomic E-state index is 0.0512. The average molecular weight is 472 g/mol. The number of amides is 1. The molecular formula is C24H19F3N2O3S. The lowest BCUT2D eigenvalue weighted by Crippen LogP contribution is -2.32. The Kier molecular flexibility index (Phi) is 6.79. The number of thiophene rings is 1. The molecule has 1 atom stereocenters. The van der Waals surface area contributed by atoms with Gasteiger partial charge in [-0.1, -0.05) is 36.4 Å². The summed E-state index contributed by atoms with van der Waals surface area (Å²) in [5, 5.41) is 4.18. The second kappa shape index (κ2) is 9.91. The van der Waals surface area contributed by atoms with Gasteiger partial charge in [-0.2, -0.15) is 0 Å². The number of benzene rings is 2. The molecule has 170 valence electrons. The number of fused-ring (bicyclic) bond motifs is 2. The molecule has 1 N–H and O–H groups in total. The van der Waals surface area contributed by atoms with Gasteiger partial charge in [-0.15, -0.1) is 24.5 Å². The molecule has 0 radical (unpaired) electrons. The maximum atomic E-state index is 12.5. The minimum Gasteiger partial charge on any atom is -0.491 e. The van der Waals surface area contributed by atoms with Crippen LogP contribution in [0.5, 0.6) is 11.5 Å². The molecule has 2 aromatic heterocycles. The smallest absolute Gasteiger partial charge is 0.491 e. The standard InChI is InChI=1S/C17H14N2O2S.C7H5F3O/c20-17(15-10-11-4-1-2-6-14(11)22-15)19-12-7-9-21-13-5-3-8-18-16(12)13;8-7(9,10)11-6-4-2-1-3-5-6/h1-6,8,10,12H,7,9H2,(H,19,20);1-5H. The quantitative estimate of drug-likeness (QED) is 0.389. The first-order chi connectivity index (χ1) is 15.9. The Bertz CT molecular complexity index is 1200. The van der Waals surface area contributed by atoms with Crippen LogP contribution in [-0.4, -0.2) is 23.9 Å². The van der Waals surface area contributed by atoms with Crippen molar-refractivity contribution in [1.82, 2.24) is 10.3 Å². The number of ether oxygens (including phenoxy) is 2. The molecule has 0 fully saturated rings. The molecule has 1 unspecified atom stereocenters. The van der Waals surface area contributed by atoms with Crippen LogP contribution in [0.2, 0.25) is 0 Å². The summed E-state index contributed by atoms with van der Waals surface area (Å²) in [7, 11) is 0. The van der Waals surface area contributed by atoms with E-state index in [-0.39, 0.29) is 17.7 Å². The first kappa shape index (κ1) is 22.6. The lowest BCUT2D eigenvalue weighted by molar-refractivity contribution is -0.274. The predicted octanol–water partition coefficient (Wildman–Crippen LogP) is 6.14. The van der Waals surface area contributed by atoms with E-state index in [0.717, 1.165) is 32.8 Å². The fourth-order valence-corrected chi connectivity index (χ4v) is 4.26. The number of hydrogen-bond acceptors (Lipinski definition) is 5. The van der Waals surface area contributed by atoms with Crippen molar-refractivity contribution in [2.24, 2.45) is 0 Å². The van der Waals surface area contributed by atoms with E-state index >= 15 is 0 Å². The summed E-state index contributed by atoms with van der Waals surface area (Å²) in [6.07, 6.45) is -2.13. The summed E-state index contributed by atoms with van der Waals surface area (Å²) in [6, 6.07) is 20.6. The van der Waals surface area contributed by atoms with Crippen molar-refractivity contribution < 1.29 is 27.4 Å². The number of carbonyl (C=O) groups excluding carboxylic acids is 1. The van der Waals surface area contributed by atoms with Gasteiger partial charge >= 0.3 is 6.36 Å². The van der Waals surface area contributed by atoms with Gasteiger partial charge in [0.2, 0.25) is 0 Å². The number of rotatable bonds is 3. The summed E-state index contributed by atoms with van der Waals surface area (Å²) in [5.41, 5.74) is 0.809. The first-order valence-electron chi connectivity index (χ1n) is 10.1. The molecule has 0 bridgehead atoms. The van der Waals surface area contributed by atoms with Crippen molar-refractivity contribution in [1.29, 1.82) is 0 Å². The number of nitrogens with one attached hydrogen (secondary N) is 1. The van der Waals surface area contributed by atoms with Gasteiger partial charge in [0.25, 0.3) is 5.91 Å². The Balaban J connectivity index is 0.000000200. The lowest BCUT2D eigenvalue weighted by Gasteiger charge is -2.25. The molecule has 0 saturated carbocycles. The van der Waals surface area contributed by atoms with Gasteiger partial charge in [-0.25, -0.2) is 0 Å². The molecular weight excluding hydrogens is 453 g/mol. The maximum absolute atomic E-state index is 12.5. The normalized spacial score (nSPS) is 14.9. The van der Waals surface area contributed by atoms with Crippen molar-refractivity contribution in [3.8, 4) is 11.5 Å². The van der Waals surface area contributed by atoms with Crippen molar-refractivity contribution in [2.75, 3.05) is 6.61 Å². The minimum atomic E-state index is -4.60. The average Bonchev–Trinajstić information content (AvgIpc) is 3.24. The SMILES string of the molecule is FC(F)(F)Oc1ccccc1.O=C(NC1CCOc2cccnc21)c1cc2ccccc2s1. The Morgan fingerprint density at radius 2 is 1.82 bits per heavy atom. The Hall–Kier alpha value is -3.59. The summed E-state index contributed by atoms with van der Waals surface area (Å²) < 4.78 is 44.9. The molecule has 1 amide bonds. The maximum Gasteiger partial charge on any atom is 0.573 e. The largest absolute Gasteiger partial charge is 0.573 e. The van der Waals surface area contributed by atoms with Crippen LogP contribution in [0.15, 0.2) is 79.0 Å². The third-order valence-corrected chi connectivity index (χ3v) is 5.84. The number of pyridine rings is 1. The van der Waals surface area contributed by atoms with Gasteiger partial charge in [0, 0.05) is 17.3 Å². The monoisotopic (exact) mass is 472 g/mol. The summed E-state index contributed by atoms with van der Waals surface area (Å²) in [4.78, 5) is 17.6. The van der Waals surface area contributed by atoms with Crippen LogP contribution in [0, 0.1) is 0 Å². The van der Waals surface area contributed by atoms with Crippen molar-refractivity contribution in [3.05, 3.63) is 89.6 Å². The van der Waals surface area contributed by atoms with E-state index in [0.29, 0.717) is 6.61 Å². The number of nitrogens with zero attached hydrogens (tertiary/aromatic N) is 1. The van der Waals surface area contributed by atoms with Gasteiger partial charge in [-0.3, -0.25) is 9.78 Å². The molecule has 1 aliphatic rings. The number of carbonyl (C=O) groups is 1. The number of aromatic nitrogens is 1. The predicted molar refractivity (Wildman–Crippen MR) is 120 cm³/mol. The summed E-state index contributed by atoms with van der Waals surface area (Å²) >= 11 is 1.51. The van der Waals surface area contributed by atoms with E-state index in [1.165, 1.54) is 35.6 Å². The van der Waals surface area contributed by atoms with E-state index in [1.54, 1.807) is 12.3 Å². The molecule has 5 nitrogen and oxygen atoms in total. The van der Waals surface area contributed by atoms with Crippen LogP contribution in [-0.2, 0) is 0 Å². The summed E-state index contributed by atoms with van der Waals surface area (Å²) in [5.74, 6) is 0.514. The Morgan fingerprint density at radius 3 is 2.58 bits per heavy atom. The molecule has 5 rings (SSSR count). The van der Waals surface area contributed by atoms with Gasteiger partial charge in [-0.05, 0) is 41.8 Å². The highest BCUT2D eigenvalue weighted by Crippen LogP contribution is 2.31. The molecule has 2 aromatic carbocycles. The van der Waals surface area contributed by atoms with Crippen molar-refractivity contribution in [2.45, 2.75) is 18.8 Å². The fourth-order valence-electron chi connectivity index (χ4n) is 3.30. The van der Waals surface area contributed by atoms with Crippen molar-refractivity contribution in [3.63, 3.8) is 0 Å². The second-order valence-electron chi connectivity index (χ2n) is 7.06. The highest BCUT2D eigenvalue weighted by molar-refractivity contribution is 7.20. The zero-order chi connectivity index (χ0) is 23.3. The summed E-state index contributed by atoms with van der Waals surface area (Å²) in [6.45, 7) is 0.593. The lowest BCUT2D eigenvalue weighted by atomic mass is 10.1. The Morgan fingerprint density at radius 1 is 1.06 bits per heavy atom. The van der Waals surface area contributed by atoms with Crippen LogP contribution in [0.3, 0.4) is 0 Å². The van der Waals surface area contributed by atoms with Crippen LogP contribution in [0.4, 0.5) is 13.2 Å². The molecule has 4 aromatic rings. The fraction of sp³-hybridized carbons (Fsp3) is 0.167. The van der Waals surface area contributed by atoms with Gasteiger partial charge in [0.05, 0.1) is 17.5 Å². The third-order valence-electron chi connectivity index (χ3n) is 4.73. The number of para-hydroxylation sites is 1. The highest BCUT2D eigenvalue weighted by atomic mass is 32.1. The Labute approximate surface area is 191 Å². The van der Waals surface area contributed by atoms with E-state index in [4.69, 9.17) is 4.74 Å². The number of alkyl halides is 3. The number of halogens is 3. The molecule has 3 heterocycles. The molecule has 9 heteroatoms.